The van der Waals surface area contributed by atoms with Crippen LogP contribution in [0.2, 0.25) is 0 Å². The van der Waals surface area contributed by atoms with Crippen molar-refractivity contribution in [3.63, 3.8) is 0 Å². The molecule has 6 nitrogen and oxygen atoms in total. The summed E-state index contributed by atoms with van der Waals surface area (Å²) in [6, 6.07) is 9.25. The van der Waals surface area contributed by atoms with E-state index >= 15 is 0 Å². The molecule has 0 fully saturated rings. The van der Waals surface area contributed by atoms with E-state index in [1.165, 1.54) is 12.1 Å². The van der Waals surface area contributed by atoms with Crippen LogP contribution in [-0.4, -0.2) is 10.2 Å². The van der Waals surface area contributed by atoms with Crippen LogP contribution >= 0.6 is 0 Å². The summed E-state index contributed by atoms with van der Waals surface area (Å²) in [6.07, 6.45) is 0. The first-order valence-electron chi connectivity index (χ1n) is 5.16. The Hall–Kier alpha value is -2.76. The quantitative estimate of drug-likeness (QED) is 0.479. The van der Waals surface area contributed by atoms with Gasteiger partial charge in [0.2, 0.25) is 0 Å². The first kappa shape index (κ1) is 11.7. The topological polar surface area (TPSA) is 117 Å². The van der Waals surface area contributed by atoms with Crippen molar-refractivity contribution in [1.29, 1.82) is 0 Å². The molecular weight excluding hydrogens is 232 g/mol. The standard InChI is InChI=1S/C12H12N4O2/c13-7-3-1-5-9(17)11(7)15-16-12-8(14)4-2-6-10(12)18/h1-6,17-18H,13-14H2. The van der Waals surface area contributed by atoms with Crippen LogP contribution in [0.15, 0.2) is 46.6 Å². The van der Waals surface area contributed by atoms with Crippen molar-refractivity contribution in [2.24, 2.45) is 10.2 Å². The van der Waals surface area contributed by atoms with E-state index in [0.29, 0.717) is 0 Å². The van der Waals surface area contributed by atoms with Gasteiger partial charge in [0, 0.05) is 0 Å². The van der Waals surface area contributed by atoms with E-state index < -0.39 is 0 Å². The molecular formula is C12H12N4O2. The SMILES string of the molecule is Nc1cccc(O)c1N=Nc1c(N)cccc1O. The highest BCUT2D eigenvalue weighted by Crippen LogP contribution is 2.37. The molecule has 0 unspecified atom stereocenters. The Morgan fingerprint density at radius 2 is 1.11 bits per heavy atom. The zero-order valence-corrected chi connectivity index (χ0v) is 9.41. The van der Waals surface area contributed by atoms with E-state index in [0.717, 1.165) is 0 Å². The lowest BCUT2D eigenvalue weighted by Crippen LogP contribution is -1.86. The van der Waals surface area contributed by atoms with Gasteiger partial charge in [-0.2, -0.15) is 0 Å². The number of phenolic OH excluding ortho intramolecular Hbond substituents is 2. The van der Waals surface area contributed by atoms with Gasteiger partial charge in [0.25, 0.3) is 0 Å². The summed E-state index contributed by atoms with van der Waals surface area (Å²) in [6.45, 7) is 0. The first-order chi connectivity index (χ1) is 8.59. The Morgan fingerprint density at radius 3 is 1.44 bits per heavy atom. The van der Waals surface area contributed by atoms with Crippen molar-refractivity contribution in [3.05, 3.63) is 36.4 Å². The molecule has 0 aliphatic rings. The zero-order valence-electron chi connectivity index (χ0n) is 9.41. The number of phenols is 2. The molecule has 2 aromatic rings. The molecule has 0 aliphatic heterocycles. The molecule has 6 heteroatoms. The lowest BCUT2D eigenvalue weighted by molar-refractivity contribution is 0.474. The largest absolute Gasteiger partial charge is 0.506 e. The second-order valence-corrected chi connectivity index (χ2v) is 3.63. The van der Waals surface area contributed by atoms with Gasteiger partial charge in [-0.1, -0.05) is 12.1 Å². The highest BCUT2D eigenvalue weighted by Gasteiger charge is 2.06. The van der Waals surface area contributed by atoms with Gasteiger partial charge in [0.1, 0.15) is 11.5 Å². The summed E-state index contributed by atoms with van der Waals surface area (Å²) in [5, 5.41) is 26.8. The van der Waals surface area contributed by atoms with Crippen molar-refractivity contribution >= 4 is 22.7 Å². The molecule has 0 spiro atoms. The molecule has 0 aliphatic carbocycles. The normalized spacial score (nSPS) is 10.9. The van der Waals surface area contributed by atoms with Crippen LogP contribution in [0.4, 0.5) is 22.7 Å². The molecule has 2 aromatic carbocycles. The maximum Gasteiger partial charge on any atom is 0.150 e. The van der Waals surface area contributed by atoms with Crippen molar-refractivity contribution in [3.8, 4) is 11.5 Å². The molecule has 0 bridgehead atoms. The minimum absolute atomic E-state index is 0.0901. The third kappa shape index (κ3) is 2.17. The van der Waals surface area contributed by atoms with Gasteiger partial charge in [-0.25, -0.2) is 0 Å². The molecule has 0 atom stereocenters. The zero-order chi connectivity index (χ0) is 13.1. The number of nitrogens with two attached hydrogens (primary N) is 2. The highest BCUT2D eigenvalue weighted by atomic mass is 16.3. The number of hydrogen-bond donors (Lipinski definition) is 4. The maximum absolute atomic E-state index is 9.58. The minimum atomic E-state index is -0.0901. The van der Waals surface area contributed by atoms with Gasteiger partial charge in [-0.15, -0.1) is 10.2 Å². The van der Waals surface area contributed by atoms with Gasteiger partial charge in [-0.05, 0) is 24.3 Å². The van der Waals surface area contributed by atoms with Crippen molar-refractivity contribution < 1.29 is 10.2 Å². The number of nitrogen functional groups attached to an aromatic ring is 2. The third-order valence-electron chi connectivity index (χ3n) is 2.34. The fourth-order valence-electron chi connectivity index (χ4n) is 1.42. The number of aromatic hydroxyl groups is 2. The van der Waals surface area contributed by atoms with E-state index in [9.17, 15) is 10.2 Å². The molecule has 2 rings (SSSR count). The summed E-state index contributed by atoms with van der Waals surface area (Å²) in [7, 11) is 0. The second kappa shape index (κ2) is 4.62. The first-order valence-corrected chi connectivity index (χ1v) is 5.16. The van der Waals surface area contributed by atoms with Crippen LogP contribution in [0, 0.1) is 0 Å². The minimum Gasteiger partial charge on any atom is -0.506 e. The number of azo groups is 1. The molecule has 0 amide bonds. The van der Waals surface area contributed by atoms with Gasteiger partial charge < -0.3 is 21.7 Å². The predicted octanol–water partition coefficient (Wildman–Crippen LogP) is 2.68. The van der Waals surface area contributed by atoms with Crippen molar-refractivity contribution in [2.45, 2.75) is 0 Å². The number of anilines is 2. The summed E-state index contributed by atoms with van der Waals surface area (Å²) in [5.74, 6) is -0.180. The average Bonchev–Trinajstić information content (AvgIpc) is 2.31. The lowest BCUT2D eigenvalue weighted by Gasteiger charge is -2.03. The smallest absolute Gasteiger partial charge is 0.150 e. The fourth-order valence-corrected chi connectivity index (χ4v) is 1.42. The van der Waals surface area contributed by atoms with E-state index in [1.807, 2.05) is 0 Å². The van der Waals surface area contributed by atoms with E-state index in [1.54, 1.807) is 24.3 Å². The summed E-state index contributed by atoms with van der Waals surface area (Å²) >= 11 is 0. The maximum atomic E-state index is 9.58. The molecule has 6 N–H and O–H groups in total. The average molecular weight is 244 g/mol. The second-order valence-electron chi connectivity index (χ2n) is 3.63. The van der Waals surface area contributed by atoms with Crippen LogP contribution in [0.3, 0.4) is 0 Å². The van der Waals surface area contributed by atoms with E-state index in [-0.39, 0.29) is 34.2 Å². The van der Waals surface area contributed by atoms with Gasteiger partial charge in [0.15, 0.2) is 11.4 Å². The monoisotopic (exact) mass is 244 g/mol. The van der Waals surface area contributed by atoms with Gasteiger partial charge >= 0.3 is 0 Å². The van der Waals surface area contributed by atoms with Crippen molar-refractivity contribution in [1.82, 2.24) is 0 Å². The number of nitrogens with zero attached hydrogens (tertiary/aromatic N) is 2. The van der Waals surface area contributed by atoms with E-state index in [4.69, 9.17) is 11.5 Å². The van der Waals surface area contributed by atoms with Crippen LogP contribution < -0.4 is 11.5 Å². The predicted molar refractivity (Wildman–Crippen MR) is 69.2 cm³/mol. The summed E-state index contributed by atoms with van der Waals surface area (Å²) in [4.78, 5) is 0. The Bertz CT molecular complexity index is 517. The third-order valence-corrected chi connectivity index (χ3v) is 2.34. The summed E-state index contributed by atoms with van der Waals surface area (Å²) in [5.41, 5.74) is 12.2. The van der Waals surface area contributed by atoms with Crippen molar-refractivity contribution in [2.75, 3.05) is 11.5 Å². The van der Waals surface area contributed by atoms with Crippen LogP contribution in [-0.2, 0) is 0 Å². The highest BCUT2D eigenvalue weighted by molar-refractivity contribution is 5.71. The summed E-state index contributed by atoms with van der Waals surface area (Å²) < 4.78 is 0. The Balaban J connectivity index is 2.43. The molecule has 0 saturated carbocycles. The van der Waals surface area contributed by atoms with Gasteiger partial charge in [-0.3, -0.25) is 0 Å². The number of benzene rings is 2. The Labute approximate surface area is 103 Å². The molecule has 18 heavy (non-hydrogen) atoms. The van der Waals surface area contributed by atoms with E-state index in [2.05, 4.69) is 10.2 Å². The van der Waals surface area contributed by atoms with Crippen LogP contribution in [0.1, 0.15) is 0 Å². The molecule has 0 radical (unpaired) electrons. The van der Waals surface area contributed by atoms with Crippen LogP contribution in [0.5, 0.6) is 11.5 Å². The van der Waals surface area contributed by atoms with Gasteiger partial charge in [0.05, 0.1) is 11.4 Å². The Kier molecular flexibility index (Phi) is 3.01. The fraction of sp³-hybridized carbons (Fsp3) is 0. The Morgan fingerprint density at radius 1 is 0.722 bits per heavy atom. The molecule has 0 heterocycles. The molecule has 0 aromatic heterocycles. The number of hydrogen-bond acceptors (Lipinski definition) is 6. The van der Waals surface area contributed by atoms with Crippen LogP contribution in [0.25, 0.3) is 0 Å². The molecule has 92 valence electrons. The molecule has 0 saturated heterocycles. The lowest BCUT2D eigenvalue weighted by atomic mass is 10.2. The number of rotatable bonds is 2.